The fourth-order valence-corrected chi connectivity index (χ4v) is 2.47. The van der Waals surface area contributed by atoms with Crippen molar-refractivity contribution in [1.29, 1.82) is 0 Å². The van der Waals surface area contributed by atoms with Crippen LogP contribution >= 0.6 is 0 Å². The van der Waals surface area contributed by atoms with Gasteiger partial charge in [0.1, 0.15) is 5.78 Å². The van der Waals surface area contributed by atoms with Gasteiger partial charge in [-0.15, -0.1) is 0 Å². The van der Waals surface area contributed by atoms with E-state index >= 15 is 0 Å². The number of Topliss-reactive ketones (excluding diaryl/α,β-unsaturated/α-hetero) is 1. The van der Waals surface area contributed by atoms with Gasteiger partial charge in [0.25, 0.3) is 0 Å². The van der Waals surface area contributed by atoms with Gasteiger partial charge in [-0.25, -0.2) is 0 Å². The van der Waals surface area contributed by atoms with Crippen molar-refractivity contribution in [2.75, 3.05) is 19.6 Å². The first-order valence-electron chi connectivity index (χ1n) is 6.40. The first kappa shape index (κ1) is 12.7. The SMILES string of the molecule is CCC(CC)CN1CCCC(C(C)=O)C1. The second-order valence-corrected chi connectivity index (χ2v) is 4.89. The Hall–Kier alpha value is -0.370. The molecule has 0 radical (unpaired) electrons. The zero-order valence-corrected chi connectivity index (χ0v) is 10.5. The van der Waals surface area contributed by atoms with E-state index in [1.54, 1.807) is 6.92 Å². The highest BCUT2D eigenvalue weighted by atomic mass is 16.1. The maximum atomic E-state index is 11.3. The highest BCUT2D eigenvalue weighted by Crippen LogP contribution is 2.19. The van der Waals surface area contributed by atoms with Crippen LogP contribution in [0, 0.1) is 11.8 Å². The van der Waals surface area contributed by atoms with Gasteiger partial charge in [0, 0.05) is 19.0 Å². The standard InChI is InChI=1S/C13H25NO/c1-4-12(5-2)9-14-8-6-7-13(10-14)11(3)15/h12-13H,4-10H2,1-3H3. The van der Waals surface area contributed by atoms with Crippen molar-refractivity contribution >= 4 is 5.78 Å². The van der Waals surface area contributed by atoms with Crippen LogP contribution in [0.1, 0.15) is 46.5 Å². The van der Waals surface area contributed by atoms with Crippen LogP contribution in [0.15, 0.2) is 0 Å². The summed E-state index contributed by atoms with van der Waals surface area (Å²) < 4.78 is 0. The predicted molar refractivity (Wildman–Crippen MR) is 63.9 cm³/mol. The molecule has 0 aromatic heterocycles. The molecule has 1 fully saturated rings. The smallest absolute Gasteiger partial charge is 0.134 e. The van der Waals surface area contributed by atoms with Crippen molar-refractivity contribution in [2.24, 2.45) is 11.8 Å². The number of hydrogen-bond acceptors (Lipinski definition) is 2. The highest BCUT2D eigenvalue weighted by molar-refractivity contribution is 5.78. The molecule has 0 N–H and O–H groups in total. The topological polar surface area (TPSA) is 20.3 Å². The number of piperidine rings is 1. The van der Waals surface area contributed by atoms with Crippen LogP contribution in [-0.2, 0) is 4.79 Å². The van der Waals surface area contributed by atoms with Gasteiger partial charge in [0.05, 0.1) is 0 Å². The summed E-state index contributed by atoms with van der Waals surface area (Å²) >= 11 is 0. The van der Waals surface area contributed by atoms with E-state index in [1.807, 2.05) is 0 Å². The van der Waals surface area contributed by atoms with Gasteiger partial charge >= 0.3 is 0 Å². The van der Waals surface area contributed by atoms with Crippen LogP contribution in [0.3, 0.4) is 0 Å². The lowest BCUT2D eigenvalue weighted by Gasteiger charge is -2.33. The van der Waals surface area contributed by atoms with Gasteiger partial charge in [-0.2, -0.15) is 0 Å². The van der Waals surface area contributed by atoms with E-state index in [0.717, 1.165) is 18.9 Å². The summed E-state index contributed by atoms with van der Waals surface area (Å²) in [5.41, 5.74) is 0. The van der Waals surface area contributed by atoms with Gasteiger partial charge in [0.2, 0.25) is 0 Å². The molecule has 1 aliphatic rings. The van der Waals surface area contributed by atoms with E-state index < -0.39 is 0 Å². The first-order valence-corrected chi connectivity index (χ1v) is 6.40. The van der Waals surface area contributed by atoms with Crippen LogP contribution in [0.4, 0.5) is 0 Å². The number of nitrogens with zero attached hydrogens (tertiary/aromatic N) is 1. The average Bonchev–Trinajstić information content (AvgIpc) is 2.26. The normalized spacial score (nSPS) is 23.3. The Morgan fingerprint density at radius 1 is 1.40 bits per heavy atom. The Morgan fingerprint density at radius 3 is 2.60 bits per heavy atom. The quantitative estimate of drug-likeness (QED) is 0.697. The van der Waals surface area contributed by atoms with Gasteiger partial charge in [0.15, 0.2) is 0 Å². The number of rotatable bonds is 5. The summed E-state index contributed by atoms with van der Waals surface area (Å²) in [6.45, 7) is 9.66. The maximum absolute atomic E-state index is 11.3. The summed E-state index contributed by atoms with van der Waals surface area (Å²) in [7, 11) is 0. The molecule has 0 aromatic carbocycles. The van der Waals surface area contributed by atoms with E-state index in [2.05, 4.69) is 18.7 Å². The molecular formula is C13H25NO. The monoisotopic (exact) mass is 211 g/mol. The summed E-state index contributed by atoms with van der Waals surface area (Å²) in [5.74, 6) is 1.51. The molecule has 1 aliphatic heterocycles. The minimum absolute atomic E-state index is 0.313. The fourth-order valence-electron chi connectivity index (χ4n) is 2.47. The predicted octanol–water partition coefficient (Wildman–Crippen LogP) is 2.72. The molecule has 88 valence electrons. The number of carbonyl (C=O) groups excluding carboxylic acids is 1. The van der Waals surface area contributed by atoms with Gasteiger partial charge < -0.3 is 4.90 Å². The molecule has 1 atom stereocenters. The van der Waals surface area contributed by atoms with Crippen molar-refractivity contribution in [2.45, 2.75) is 46.5 Å². The van der Waals surface area contributed by atoms with E-state index in [4.69, 9.17) is 0 Å². The molecule has 1 heterocycles. The molecule has 15 heavy (non-hydrogen) atoms. The van der Waals surface area contributed by atoms with E-state index in [9.17, 15) is 4.79 Å². The van der Waals surface area contributed by atoms with Gasteiger partial charge in [-0.1, -0.05) is 26.7 Å². The van der Waals surface area contributed by atoms with Gasteiger partial charge in [-0.3, -0.25) is 4.79 Å². The minimum Gasteiger partial charge on any atom is -0.302 e. The number of hydrogen-bond donors (Lipinski definition) is 0. The Kier molecular flexibility index (Phi) is 5.30. The molecule has 1 rings (SSSR count). The Morgan fingerprint density at radius 2 is 2.07 bits per heavy atom. The van der Waals surface area contributed by atoms with Gasteiger partial charge in [-0.05, 0) is 32.2 Å². The number of ketones is 1. The van der Waals surface area contributed by atoms with E-state index in [0.29, 0.717) is 11.7 Å². The van der Waals surface area contributed by atoms with Crippen LogP contribution in [0.2, 0.25) is 0 Å². The van der Waals surface area contributed by atoms with Crippen LogP contribution in [-0.4, -0.2) is 30.3 Å². The van der Waals surface area contributed by atoms with Crippen LogP contribution in [0.25, 0.3) is 0 Å². The van der Waals surface area contributed by atoms with Crippen molar-refractivity contribution in [3.05, 3.63) is 0 Å². The highest BCUT2D eigenvalue weighted by Gasteiger charge is 2.23. The summed E-state index contributed by atoms with van der Waals surface area (Å²) in [5, 5.41) is 0. The molecule has 2 heteroatoms. The van der Waals surface area contributed by atoms with Crippen LogP contribution < -0.4 is 0 Å². The number of carbonyl (C=O) groups is 1. The lowest BCUT2D eigenvalue weighted by molar-refractivity contribution is -0.122. The molecule has 0 saturated carbocycles. The Bertz CT molecular complexity index is 199. The fraction of sp³-hybridized carbons (Fsp3) is 0.923. The molecule has 0 bridgehead atoms. The first-order chi connectivity index (χ1) is 7.17. The Labute approximate surface area is 94.0 Å². The molecular weight excluding hydrogens is 186 g/mol. The molecule has 0 spiro atoms. The van der Waals surface area contributed by atoms with Crippen molar-refractivity contribution in [3.8, 4) is 0 Å². The van der Waals surface area contributed by atoms with Crippen LogP contribution in [0.5, 0.6) is 0 Å². The molecule has 1 saturated heterocycles. The lowest BCUT2D eigenvalue weighted by atomic mass is 9.93. The molecule has 1 unspecified atom stereocenters. The third kappa shape index (κ3) is 3.94. The molecule has 0 aliphatic carbocycles. The number of likely N-dealkylation sites (tertiary alicyclic amines) is 1. The second-order valence-electron chi connectivity index (χ2n) is 4.89. The summed E-state index contributed by atoms with van der Waals surface area (Å²) in [6, 6.07) is 0. The summed E-state index contributed by atoms with van der Waals surface area (Å²) in [6.07, 6.45) is 4.83. The second kappa shape index (κ2) is 6.26. The zero-order valence-electron chi connectivity index (χ0n) is 10.5. The largest absolute Gasteiger partial charge is 0.302 e. The van der Waals surface area contributed by atoms with Crippen molar-refractivity contribution < 1.29 is 4.79 Å². The average molecular weight is 211 g/mol. The third-order valence-corrected chi connectivity index (χ3v) is 3.75. The zero-order chi connectivity index (χ0) is 11.3. The third-order valence-electron chi connectivity index (χ3n) is 3.75. The molecule has 0 aromatic rings. The maximum Gasteiger partial charge on any atom is 0.134 e. The Balaban J connectivity index is 2.38. The van der Waals surface area contributed by atoms with E-state index in [-0.39, 0.29) is 0 Å². The molecule has 2 nitrogen and oxygen atoms in total. The van der Waals surface area contributed by atoms with Crippen molar-refractivity contribution in [3.63, 3.8) is 0 Å². The van der Waals surface area contributed by atoms with Crippen molar-refractivity contribution in [1.82, 2.24) is 4.90 Å². The van der Waals surface area contributed by atoms with E-state index in [1.165, 1.54) is 32.4 Å². The molecule has 0 amide bonds. The summed E-state index contributed by atoms with van der Waals surface area (Å²) in [4.78, 5) is 13.8. The lowest BCUT2D eigenvalue weighted by Crippen LogP contribution is -2.40. The minimum atomic E-state index is 0.313.